The number of imide groups is 1. The Morgan fingerprint density at radius 2 is 1.90 bits per heavy atom. The molecule has 1 N–H and O–H groups in total. The second kappa shape index (κ2) is 9.85. The maximum atomic E-state index is 13.8. The normalized spacial score (nSPS) is 14.7. The molecule has 0 aromatic heterocycles. The second-order valence-electron chi connectivity index (χ2n) is 6.24. The molecule has 0 unspecified atom stereocenters. The molecular formula is C20H16FN3O6S. The van der Waals surface area contributed by atoms with Crippen molar-refractivity contribution in [1.82, 2.24) is 10.2 Å². The number of nitrogens with zero attached hydrogens (tertiary/aromatic N) is 2. The fourth-order valence-electron chi connectivity index (χ4n) is 2.60. The Bertz CT molecular complexity index is 1060. The smallest absolute Gasteiger partial charge is 0.293 e. The van der Waals surface area contributed by atoms with E-state index in [1.165, 1.54) is 48.5 Å². The number of halogens is 1. The van der Waals surface area contributed by atoms with Crippen LogP contribution < -0.4 is 10.1 Å². The van der Waals surface area contributed by atoms with Gasteiger partial charge in [0.25, 0.3) is 22.7 Å². The summed E-state index contributed by atoms with van der Waals surface area (Å²) in [6, 6.07) is 11.1. The van der Waals surface area contributed by atoms with Crippen molar-refractivity contribution in [3.05, 3.63) is 74.9 Å². The summed E-state index contributed by atoms with van der Waals surface area (Å²) in [4.78, 5) is 47.5. The van der Waals surface area contributed by atoms with Crippen LogP contribution in [0.15, 0.2) is 53.4 Å². The van der Waals surface area contributed by atoms with Gasteiger partial charge in [-0.2, -0.15) is 0 Å². The highest BCUT2D eigenvalue weighted by Crippen LogP contribution is 2.32. The fourth-order valence-corrected chi connectivity index (χ4v) is 3.45. The van der Waals surface area contributed by atoms with Crippen LogP contribution in [0.1, 0.15) is 5.56 Å². The van der Waals surface area contributed by atoms with Crippen molar-refractivity contribution in [2.24, 2.45) is 0 Å². The van der Waals surface area contributed by atoms with Gasteiger partial charge in [0.2, 0.25) is 0 Å². The molecule has 0 aliphatic carbocycles. The Balaban J connectivity index is 1.47. The van der Waals surface area contributed by atoms with Gasteiger partial charge in [-0.15, -0.1) is 0 Å². The second-order valence-corrected chi connectivity index (χ2v) is 7.24. The van der Waals surface area contributed by atoms with Gasteiger partial charge in [0.15, 0.2) is 6.61 Å². The van der Waals surface area contributed by atoms with Gasteiger partial charge in [-0.25, -0.2) is 4.39 Å². The van der Waals surface area contributed by atoms with Crippen LogP contribution in [-0.4, -0.2) is 46.6 Å². The van der Waals surface area contributed by atoms with Crippen LogP contribution in [0, 0.1) is 15.9 Å². The molecule has 1 aliphatic heterocycles. The molecule has 0 spiro atoms. The number of hydrogen-bond acceptors (Lipinski definition) is 7. The van der Waals surface area contributed by atoms with Gasteiger partial charge in [-0.3, -0.25) is 29.4 Å². The molecule has 160 valence electrons. The van der Waals surface area contributed by atoms with Crippen LogP contribution in [0.2, 0.25) is 0 Å². The number of amides is 3. The highest BCUT2D eigenvalue weighted by molar-refractivity contribution is 8.18. The molecule has 1 aliphatic rings. The van der Waals surface area contributed by atoms with Gasteiger partial charge in [-0.1, -0.05) is 18.2 Å². The van der Waals surface area contributed by atoms with E-state index in [0.29, 0.717) is 11.8 Å². The summed E-state index contributed by atoms with van der Waals surface area (Å²) in [6.45, 7) is -0.386. The van der Waals surface area contributed by atoms with E-state index in [4.69, 9.17) is 4.74 Å². The van der Waals surface area contributed by atoms with E-state index in [2.05, 4.69) is 5.32 Å². The van der Waals surface area contributed by atoms with E-state index in [9.17, 15) is 28.9 Å². The van der Waals surface area contributed by atoms with E-state index in [1.807, 2.05) is 0 Å². The number of nitrogens with one attached hydrogen (secondary N) is 1. The monoisotopic (exact) mass is 445 g/mol. The maximum Gasteiger partial charge on any atom is 0.293 e. The predicted molar refractivity (Wildman–Crippen MR) is 111 cm³/mol. The van der Waals surface area contributed by atoms with Crippen LogP contribution >= 0.6 is 11.8 Å². The van der Waals surface area contributed by atoms with E-state index in [-0.39, 0.29) is 41.6 Å². The SMILES string of the molecule is O=C(COc1ccc([N+](=O)[O-])cc1)NCCN1C(=O)S/C(=C\c2ccccc2F)C1=O. The lowest BCUT2D eigenvalue weighted by Crippen LogP contribution is -2.38. The van der Waals surface area contributed by atoms with Crippen molar-refractivity contribution in [2.75, 3.05) is 19.7 Å². The van der Waals surface area contributed by atoms with Gasteiger partial charge in [0, 0.05) is 30.8 Å². The minimum Gasteiger partial charge on any atom is -0.484 e. The number of carbonyl (C=O) groups is 3. The third kappa shape index (κ3) is 5.66. The van der Waals surface area contributed by atoms with Crippen LogP contribution in [0.4, 0.5) is 14.9 Å². The average Bonchev–Trinajstić information content (AvgIpc) is 3.01. The van der Waals surface area contributed by atoms with Crippen LogP contribution in [0.3, 0.4) is 0 Å². The van der Waals surface area contributed by atoms with Crippen LogP contribution in [0.5, 0.6) is 5.75 Å². The number of hydrogen-bond donors (Lipinski definition) is 1. The number of ether oxygens (including phenoxy) is 1. The summed E-state index contributed by atoms with van der Waals surface area (Å²) in [6.07, 6.45) is 1.32. The minimum absolute atomic E-state index is 0.00741. The standard InChI is InChI=1S/C20H16FN3O6S/c21-16-4-2-1-3-13(16)11-17-19(26)23(20(27)31-17)10-9-22-18(25)12-30-15-7-5-14(6-8-15)24(28)29/h1-8,11H,9-10,12H2,(H,22,25)/b17-11-. The largest absolute Gasteiger partial charge is 0.484 e. The molecule has 1 heterocycles. The molecule has 0 saturated carbocycles. The fraction of sp³-hybridized carbons (Fsp3) is 0.150. The summed E-state index contributed by atoms with van der Waals surface area (Å²) in [7, 11) is 0. The molecule has 2 aromatic rings. The summed E-state index contributed by atoms with van der Waals surface area (Å²) in [5.74, 6) is -1.28. The Labute approximate surface area is 180 Å². The number of carbonyl (C=O) groups excluding carboxylic acids is 3. The summed E-state index contributed by atoms with van der Waals surface area (Å²) in [5, 5.41) is 12.6. The van der Waals surface area contributed by atoms with Crippen molar-refractivity contribution in [3.8, 4) is 5.75 Å². The van der Waals surface area contributed by atoms with Gasteiger partial charge in [0.05, 0.1) is 9.83 Å². The Morgan fingerprint density at radius 1 is 1.19 bits per heavy atom. The third-order valence-electron chi connectivity index (χ3n) is 4.14. The zero-order chi connectivity index (χ0) is 22.4. The first-order valence-electron chi connectivity index (χ1n) is 8.99. The Hall–Kier alpha value is -3.73. The van der Waals surface area contributed by atoms with E-state index in [0.717, 1.165) is 4.90 Å². The van der Waals surface area contributed by atoms with Gasteiger partial charge < -0.3 is 10.1 Å². The number of thioether (sulfide) groups is 1. The molecule has 0 bridgehead atoms. The molecule has 11 heteroatoms. The van der Waals surface area contributed by atoms with Gasteiger partial charge in [-0.05, 0) is 36.0 Å². The number of non-ortho nitro benzene ring substituents is 1. The van der Waals surface area contributed by atoms with Crippen molar-refractivity contribution in [2.45, 2.75) is 0 Å². The molecule has 31 heavy (non-hydrogen) atoms. The summed E-state index contributed by atoms with van der Waals surface area (Å²) >= 11 is 0.701. The first-order valence-corrected chi connectivity index (χ1v) is 9.80. The van der Waals surface area contributed by atoms with Crippen LogP contribution in [-0.2, 0) is 9.59 Å². The molecule has 0 atom stereocenters. The quantitative estimate of drug-likeness (QED) is 0.377. The Kier molecular flexibility index (Phi) is 6.98. The van der Waals surface area contributed by atoms with Crippen molar-refractivity contribution < 1.29 is 28.4 Å². The number of nitro benzene ring substituents is 1. The molecule has 1 fully saturated rings. The summed E-state index contributed by atoms with van der Waals surface area (Å²) < 4.78 is 19.0. The van der Waals surface area contributed by atoms with E-state index < -0.39 is 27.8 Å². The van der Waals surface area contributed by atoms with Crippen molar-refractivity contribution in [1.29, 1.82) is 0 Å². The molecule has 9 nitrogen and oxygen atoms in total. The van der Waals surface area contributed by atoms with Gasteiger partial charge in [0.1, 0.15) is 11.6 Å². The Morgan fingerprint density at radius 3 is 2.58 bits per heavy atom. The summed E-state index contributed by atoms with van der Waals surface area (Å²) in [5.41, 5.74) is 0.0998. The van der Waals surface area contributed by atoms with Crippen molar-refractivity contribution in [3.63, 3.8) is 0 Å². The topological polar surface area (TPSA) is 119 Å². The minimum atomic E-state index is -0.561. The van der Waals surface area contributed by atoms with Gasteiger partial charge >= 0.3 is 0 Å². The number of nitro groups is 1. The molecule has 1 saturated heterocycles. The number of benzene rings is 2. The van der Waals surface area contributed by atoms with Crippen molar-refractivity contribution >= 4 is 40.6 Å². The maximum absolute atomic E-state index is 13.8. The average molecular weight is 445 g/mol. The third-order valence-corrected chi connectivity index (χ3v) is 5.05. The lowest BCUT2D eigenvalue weighted by Gasteiger charge is -2.13. The molecule has 0 radical (unpaired) electrons. The zero-order valence-electron chi connectivity index (χ0n) is 15.9. The highest BCUT2D eigenvalue weighted by Gasteiger charge is 2.34. The first-order chi connectivity index (χ1) is 14.8. The molecule has 3 rings (SSSR count). The predicted octanol–water partition coefficient (Wildman–Crippen LogP) is 2.97. The van der Waals surface area contributed by atoms with E-state index in [1.54, 1.807) is 6.07 Å². The first kappa shape index (κ1) is 22.0. The van der Waals surface area contributed by atoms with E-state index >= 15 is 0 Å². The number of rotatable bonds is 8. The highest BCUT2D eigenvalue weighted by atomic mass is 32.2. The molecule has 3 amide bonds. The van der Waals surface area contributed by atoms with Crippen LogP contribution in [0.25, 0.3) is 6.08 Å². The zero-order valence-corrected chi connectivity index (χ0v) is 16.8. The molecule has 2 aromatic carbocycles. The molecular weight excluding hydrogens is 429 g/mol. The lowest BCUT2D eigenvalue weighted by molar-refractivity contribution is -0.384. The lowest BCUT2D eigenvalue weighted by atomic mass is 10.2.